The van der Waals surface area contributed by atoms with Crippen LogP contribution in [0.2, 0.25) is 0 Å². The molecule has 0 N–H and O–H groups in total. The smallest absolute Gasteiger partial charge is 0.255 e. The lowest BCUT2D eigenvalue weighted by atomic mass is 10.1. The minimum absolute atomic E-state index is 0.108. The molecule has 5 nitrogen and oxygen atoms in total. The average molecular weight is 426 g/mol. The number of aromatic nitrogens is 1. The van der Waals surface area contributed by atoms with Crippen molar-refractivity contribution in [3.63, 3.8) is 0 Å². The van der Waals surface area contributed by atoms with Gasteiger partial charge in [0.25, 0.3) is 5.91 Å². The number of amides is 1. The predicted molar refractivity (Wildman–Crippen MR) is 119 cm³/mol. The number of nitrogens with zero attached hydrogens (tertiary/aromatic N) is 3. The van der Waals surface area contributed by atoms with Crippen LogP contribution in [0, 0.1) is 0 Å². The van der Waals surface area contributed by atoms with E-state index in [1.165, 1.54) is 0 Å². The standard InChI is InChI=1S/C22H23N3O2S2/c1-27-19-6-4-5-18(13-19)24-9-11-25(12-10-24)22(26)20-7-2-3-8-21(20)29-15-17-14-28-16-23-17/h2-8,13-14,16H,9-12,15H2,1H3. The number of benzene rings is 2. The molecule has 0 bridgehead atoms. The zero-order valence-electron chi connectivity index (χ0n) is 16.3. The molecular weight excluding hydrogens is 402 g/mol. The van der Waals surface area contributed by atoms with Gasteiger partial charge in [-0.3, -0.25) is 4.79 Å². The van der Waals surface area contributed by atoms with Gasteiger partial charge in [-0.15, -0.1) is 23.1 Å². The normalized spacial score (nSPS) is 14.1. The van der Waals surface area contributed by atoms with Crippen LogP contribution in [-0.2, 0) is 5.75 Å². The molecule has 1 amide bonds. The molecule has 0 atom stereocenters. The van der Waals surface area contributed by atoms with Crippen molar-refractivity contribution in [1.82, 2.24) is 9.88 Å². The number of anilines is 1. The highest BCUT2D eigenvalue weighted by molar-refractivity contribution is 7.98. The second-order valence-electron chi connectivity index (χ2n) is 6.75. The highest BCUT2D eigenvalue weighted by atomic mass is 32.2. The average Bonchev–Trinajstić information content (AvgIpc) is 3.31. The molecule has 29 heavy (non-hydrogen) atoms. The number of thioether (sulfide) groups is 1. The van der Waals surface area contributed by atoms with Crippen molar-refractivity contribution in [3.8, 4) is 5.75 Å². The first-order valence-electron chi connectivity index (χ1n) is 9.52. The lowest BCUT2D eigenvalue weighted by molar-refractivity contribution is 0.0743. The van der Waals surface area contributed by atoms with Crippen LogP contribution in [0.15, 0.2) is 64.3 Å². The minimum atomic E-state index is 0.108. The van der Waals surface area contributed by atoms with E-state index in [0.717, 1.165) is 46.4 Å². The summed E-state index contributed by atoms with van der Waals surface area (Å²) >= 11 is 3.27. The summed E-state index contributed by atoms with van der Waals surface area (Å²) in [6.45, 7) is 3.04. The number of rotatable bonds is 6. The topological polar surface area (TPSA) is 45.7 Å². The highest BCUT2D eigenvalue weighted by Crippen LogP contribution is 2.28. The number of piperazine rings is 1. The monoisotopic (exact) mass is 425 g/mol. The Balaban J connectivity index is 1.40. The number of hydrogen-bond donors (Lipinski definition) is 0. The molecule has 150 valence electrons. The second kappa shape index (κ2) is 9.33. The van der Waals surface area contributed by atoms with Crippen molar-refractivity contribution in [2.24, 2.45) is 0 Å². The zero-order valence-corrected chi connectivity index (χ0v) is 17.9. The first-order valence-corrected chi connectivity index (χ1v) is 11.4. The molecule has 2 aromatic carbocycles. The van der Waals surface area contributed by atoms with Crippen LogP contribution in [0.25, 0.3) is 0 Å². The van der Waals surface area contributed by atoms with Crippen LogP contribution in [0.3, 0.4) is 0 Å². The lowest BCUT2D eigenvalue weighted by Gasteiger charge is -2.36. The zero-order chi connectivity index (χ0) is 20.1. The highest BCUT2D eigenvalue weighted by Gasteiger charge is 2.24. The van der Waals surface area contributed by atoms with Crippen LogP contribution in [0.5, 0.6) is 5.75 Å². The first kappa shape index (κ1) is 19.8. The van der Waals surface area contributed by atoms with Gasteiger partial charge in [0.2, 0.25) is 0 Å². The number of carbonyl (C=O) groups is 1. The van der Waals surface area contributed by atoms with Crippen molar-refractivity contribution >= 4 is 34.7 Å². The summed E-state index contributed by atoms with van der Waals surface area (Å²) in [5.41, 5.74) is 4.81. The number of hydrogen-bond acceptors (Lipinski definition) is 6. The quantitative estimate of drug-likeness (QED) is 0.548. The Morgan fingerprint density at radius 1 is 1.14 bits per heavy atom. The lowest BCUT2D eigenvalue weighted by Crippen LogP contribution is -2.48. The minimum Gasteiger partial charge on any atom is -0.497 e. The summed E-state index contributed by atoms with van der Waals surface area (Å²) in [7, 11) is 1.68. The fraction of sp³-hybridized carbons (Fsp3) is 0.273. The largest absolute Gasteiger partial charge is 0.497 e. The maximum Gasteiger partial charge on any atom is 0.255 e. The SMILES string of the molecule is COc1cccc(N2CCN(C(=O)c3ccccc3SCc3cscn3)CC2)c1. The molecule has 1 aliphatic rings. The van der Waals surface area contributed by atoms with E-state index in [-0.39, 0.29) is 5.91 Å². The summed E-state index contributed by atoms with van der Waals surface area (Å²) in [6, 6.07) is 16.0. The summed E-state index contributed by atoms with van der Waals surface area (Å²) in [5, 5.41) is 2.05. The molecule has 0 radical (unpaired) electrons. The molecule has 0 aliphatic carbocycles. The van der Waals surface area contributed by atoms with Gasteiger partial charge < -0.3 is 14.5 Å². The van der Waals surface area contributed by atoms with Gasteiger partial charge in [0.1, 0.15) is 5.75 Å². The fourth-order valence-electron chi connectivity index (χ4n) is 3.37. The van der Waals surface area contributed by atoms with Gasteiger partial charge >= 0.3 is 0 Å². The van der Waals surface area contributed by atoms with Gasteiger partial charge in [-0.1, -0.05) is 18.2 Å². The maximum absolute atomic E-state index is 13.2. The number of carbonyl (C=O) groups excluding carboxylic acids is 1. The van der Waals surface area contributed by atoms with E-state index >= 15 is 0 Å². The van der Waals surface area contributed by atoms with Crippen molar-refractivity contribution in [3.05, 3.63) is 70.7 Å². The molecule has 7 heteroatoms. The van der Waals surface area contributed by atoms with E-state index < -0.39 is 0 Å². The van der Waals surface area contributed by atoms with E-state index in [1.807, 2.05) is 52.9 Å². The van der Waals surface area contributed by atoms with Crippen LogP contribution in [0.4, 0.5) is 5.69 Å². The molecule has 0 saturated carbocycles. The summed E-state index contributed by atoms with van der Waals surface area (Å²) in [6.07, 6.45) is 0. The molecular formula is C22H23N3O2S2. The Labute approximate surface area is 179 Å². The molecule has 0 unspecified atom stereocenters. The number of ether oxygens (including phenoxy) is 1. The van der Waals surface area contributed by atoms with Gasteiger partial charge in [0.15, 0.2) is 0 Å². The van der Waals surface area contributed by atoms with Gasteiger partial charge in [-0.25, -0.2) is 4.98 Å². The molecule has 1 fully saturated rings. The van der Waals surface area contributed by atoms with Gasteiger partial charge in [0.05, 0.1) is 23.9 Å². The third-order valence-corrected chi connectivity index (χ3v) is 6.70. The Morgan fingerprint density at radius 3 is 2.72 bits per heavy atom. The Bertz CT molecular complexity index is 954. The van der Waals surface area contributed by atoms with Crippen molar-refractivity contribution in [2.75, 3.05) is 38.2 Å². The third-order valence-electron chi connectivity index (χ3n) is 4.96. The Kier molecular flexibility index (Phi) is 6.36. The van der Waals surface area contributed by atoms with Gasteiger partial charge in [0, 0.05) is 54.0 Å². The van der Waals surface area contributed by atoms with E-state index in [4.69, 9.17) is 4.74 Å². The van der Waals surface area contributed by atoms with E-state index in [2.05, 4.69) is 21.3 Å². The summed E-state index contributed by atoms with van der Waals surface area (Å²) in [5.74, 6) is 1.74. The van der Waals surface area contributed by atoms with E-state index in [9.17, 15) is 4.79 Å². The van der Waals surface area contributed by atoms with Gasteiger partial charge in [-0.05, 0) is 24.3 Å². The maximum atomic E-state index is 13.2. The van der Waals surface area contributed by atoms with Gasteiger partial charge in [-0.2, -0.15) is 0 Å². The molecule has 4 rings (SSSR count). The third kappa shape index (κ3) is 4.74. The number of methoxy groups -OCH3 is 1. The Hall–Kier alpha value is -2.51. The first-order chi connectivity index (χ1) is 14.2. The summed E-state index contributed by atoms with van der Waals surface area (Å²) < 4.78 is 5.33. The predicted octanol–water partition coefficient (Wildman–Crippen LogP) is 4.41. The molecule has 2 heterocycles. The molecule has 1 aliphatic heterocycles. The van der Waals surface area contributed by atoms with Crippen LogP contribution in [-0.4, -0.2) is 49.1 Å². The van der Waals surface area contributed by atoms with Crippen LogP contribution >= 0.6 is 23.1 Å². The molecule has 1 saturated heterocycles. The second-order valence-corrected chi connectivity index (χ2v) is 8.48. The Morgan fingerprint density at radius 2 is 1.97 bits per heavy atom. The molecule has 0 spiro atoms. The molecule has 1 aromatic heterocycles. The van der Waals surface area contributed by atoms with Crippen molar-refractivity contribution in [1.29, 1.82) is 0 Å². The van der Waals surface area contributed by atoms with Crippen molar-refractivity contribution in [2.45, 2.75) is 10.6 Å². The summed E-state index contributed by atoms with van der Waals surface area (Å²) in [4.78, 5) is 22.8. The molecule has 3 aromatic rings. The van der Waals surface area contributed by atoms with E-state index in [0.29, 0.717) is 13.1 Å². The number of thiazole rings is 1. The van der Waals surface area contributed by atoms with Crippen LogP contribution in [0.1, 0.15) is 16.1 Å². The fourth-order valence-corrected chi connectivity index (χ4v) is 4.99. The van der Waals surface area contributed by atoms with Crippen LogP contribution < -0.4 is 9.64 Å². The van der Waals surface area contributed by atoms with Crippen molar-refractivity contribution < 1.29 is 9.53 Å². The van der Waals surface area contributed by atoms with E-state index in [1.54, 1.807) is 30.2 Å².